The monoisotopic (exact) mass is 417 g/mol. The van der Waals surface area contributed by atoms with Crippen LogP contribution in [-0.4, -0.2) is 33.2 Å². The maximum absolute atomic E-state index is 14.7. The van der Waals surface area contributed by atoms with E-state index in [1.54, 1.807) is 0 Å². The number of hydrogen-bond donors (Lipinski definition) is 2. The minimum Gasteiger partial charge on any atom is -0.320 e. The van der Waals surface area contributed by atoms with Crippen molar-refractivity contribution >= 4 is 39.7 Å². The van der Waals surface area contributed by atoms with Gasteiger partial charge in [0.1, 0.15) is 11.6 Å². The predicted octanol–water partition coefficient (Wildman–Crippen LogP) is 2.49. The van der Waals surface area contributed by atoms with E-state index in [2.05, 4.69) is 4.72 Å². The van der Waals surface area contributed by atoms with Crippen molar-refractivity contribution in [1.82, 2.24) is 0 Å². The number of halogens is 3. The van der Waals surface area contributed by atoms with Crippen LogP contribution in [0.4, 0.5) is 20.2 Å². The van der Waals surface area contributed by atoms with Crippen LogP contribution in [0.2, 0.25) is 0 Å². The summed E-state index contributed by atoms with van der Waals surface area (Å²) >= 11 is 0. The lowest BCUT2D eigenvalue weighted by atomic mass is 10.0. The molecule has 10 heteroatoms. The van der Waals surface area contributed by atoms with Crippen LogP contribution in [0, 0.1) is 11.6 Å². The molecule has 1 atom stereocenters. The van der Waals surface area contributed by atoms with Crippen molar-refractivity contribution in [2.45, 2.75) is 12.5 Å². The average molecular weight is 418 g/mol. The number of hydrogen-bond acceptors (Lipinski definition) is 4. The van der Waals surface area contributed by atoms with Gasteiger partial charge in [-0.2, -0.15) is 0 Å². The van der Waals surface area contributed by atoms with Crippen molar-refractivity contribution in [2.24, 2.45) is 5.73 Å². The van der Waals surface area contributed by atoms with Crippen LogP contribution in [0.25, 0.3) is 11.1 Å². The van der Waals surface area contributed by atoms with Crippen molar-refractivity contribution in [3.63, 3.8) is 0 Å². The van der Waals surface area contributed by atoms with Gasteiger partial charge in [0.2, 0.25) is 15.9 Å². The van der Waals surface area contributed by atoms with Gasteiger partial charge in [0.15, 0.2) is 0 Å². The Morgan fingerprint density at radius 2 is 1.85 bits per heavy atom. The molecule has 3 N–H and O–H groups in total. The standard InChI is InChI=1S/C17H17F2N3O3S.ClH/c1-26(24,25)21-16-12(3-2-4-13(16)18)11-6-5-10(9-14(11)19)22-8-7-15(20)17(22)23;/h2-6,9,15,21H,7-8,20H2,1H3;1H. The smallest absolute Gasteiger partial charge is 0.243 e. The minimum absolute atomic E-state index is 0. The number of anilines is 2. The van der Waals surface area contributed by atoms with Crippen LogP contribution >= 0.6 is 12.4 Å². The maximum atomic E-state index is 14.7. The third-order valence-corrected chi connectivity index (χ3v) is 4.68. The molecular weight excluding hydrogens is 400 g/mol. The molecule has 0 bridgehead atoms. The Labute approximate surface area is 161 Å². The van der Waals surface area contributed by atoms with Crippen LogP contribution in [0.1, 0.15) is 6.42 Å². The molecule has 27 heavy (non-hydrogen) atoms. The maximum Gasteiger partial charge on any atom is 0.243 e. The number of rotatable bonds is 4. The van der Waals surface area contributed by atoms with Gasteiger partial charge in [-0.15, -0.1) is 12.4 Å². The summed E-state index contributed by atoms with van der Waals surface area (Å²) in [4.78, 5) is 13.4. The minimum atomic E-state index is -3.76. The third kappa shape index (κ3) is 4.37. The van der Waals surface area contributed by atoms with E-state index in [1.807, 2.05) is 0 Å². The Hall–Kier alpha value is -2.23. The molecule has 0 saturated carbocycles. The Morgan fingerprint density at radius 1 is 1.15 bits per heavy atom. The van der Waals surface area contributed by atoms with E-state index in [1.165, 1.54) is 29.2 Å². The molecule has 1 amide bonds. The van der Waals surface area contributed by atoms with E-state index in [9.17, 15) is 22.0 Å². The van der Waals surface area contributed by atoms with Crippen molar-refractivity contribution in [3.05, 3.63) is 48.0 Å². The number of carbonyl (C=O) groups excluding carboxylic acids is 1. The SMILES string of the molecule is CS(=O)(=O)Nc1c(F)cccc1-c1ccc(N2CCC(N)C2=O)cc1F.Cl. The fraction of sp³-hybridized carbons (Fsp3) is 0.235. The first-order valence-corrected chi connectivity index (χ1v) is 9.69. The number of benzene rings is 2. The number of nitrogens with two attached hydrogens (primary N) is 1. The van der Waals surface area contributed by atoms with E-state index >= 15 is 0 Å². The molecule has 0 radical (unpaired) electrons. The summed E-state index contributed by atoms with van der Waals surface area (Å²) in [5.41, 5.74) is 5.75. The summed E-state index contributed by atoms with van der Waals surface area (Å²) in [6.45, 7) is 0.389. The van der Waals surface area contributed by atoms with Gasteiger partial charge in [0, 0.05) is 23.4 Å². The van der Waals surface area contributed by atoms with Crippen LogP contribution in [0.5, 0.6) is 0 Å². The Bertz CT molecular complexity index is 985. The zero-order chi connectivity index (χ0) is 19.1. The van der Waals surface area contributed by atoms with Crippen LogP contribution in [-0.2, 0) is 14.8 Å². The van der Waals surface area contributed by atoms with Gasteiger partial charge < -0.3 is 10.6 Å². The molecule has 2 aromatic carbocycles. The lowest BCUT2D eigenvalue weighted by molar-refractivity contribution is -0.118. The molecule has 146 valence electrons. The number of para-hydroxylation sites is 1. The molecule has 6 nitrogen and oxygen atoms in total. The van der Waals surface area contributed by atoms with Crippen molar-refractivity contribution < 1.29 is 22.0 Å². The number of nitrogens with zero attached hydrogens (tertiary/aromatic N) is 1. The fourth-order valence-corrected chi connectivity index (χ4v) is 3.46. The molecule has 1 fully saturated rings. The van der Waals surface area contributed by atoms with E-state index in [0.717, 1.165) is 18.4 Å². The van der Waals surface area contributed by atoms with Crippen LogP contribution in [0.3, 0.4) is 0 Å². The molecule has 0 aromatic heterocycles. The second-order valence-electron chi connectivity index (χ2n) is 6.09. The fourth-order valence-electron chi connectivity index (χ4n) is 2.89. The lowest BCUT2D eigenvalue weighted by Gasteiger charge is -2.18. The van der Waals surface area contributed by atoms with Crippen molar-refractivity contribution in [1.29, 1.82) is 0 Å². The van der Waals surface area contributed by atoms with Crippen LogP contribution < -0.4 is 15.4 Å². The summed E-state index contributed by atoms with van der Waals surface area (Å²) < 4.78 is 53.8. The molecule has 1 saturated heterocycles. The third-order valence-electron chi connectivity index (χ3n) is 4.10. The summed E-state index contributed by atoms with van der Waals surface area (Å²) in [5, 5.41) is 0. The highest BCUT2D eigenvalue weighted by Gasteiger charge is 2.30. The molecule has 0 aliphatic carbocycles. The molecule has 1 aliphatic heterocycles. The zero-order valence-corrected chi connectivity index (χ0v) is 15.9. The van der Waals surface area contributed by atoms with Gasteiger partial charge in [-0.05, 0) is 30.7 Å². The first-order chi connectivity index (χ1) is 12.2. The van der Waals surface area contributed by atoms with E-state index in [-0.39, 0.29) is 35.1 Å². The topological polar surface area (TPSA) is 92.5 Å². The summed E-state index contributed by atoms with van der Waals surface area (Å²) in [6.07, 6.45) is 1.36. The van der Waals surface area contributed by atoms with E-state index in [4.69, 9.17) is 5.73 Å². The quantitative estimate of drug-likeness (QED) is 0.799. The van der Waals surface area contributed by atoms with E-state index in [0.29, 0.717) is 18.7 Å². The Balaban J connectivity index is 0.00000261. The van der Waals surface area contributed by atoms with Gasteiger partial charge in [0.05, 0.1) is 18.0 Å². The number of amides is 1. The number of sulfonamides is 1. The van der Waals surface area contributed by atoms with Crippen molar-refractivity contribution in [3.8, 4) is 11.1 Å². The average Bonchev–Trinajstić information content (AvgIpc) is 2.88. The first-order valence-electron chi connectivity index (χ1n) is 7.80. The highest BCUT2D eigenvalue weighted by molar-refractivity contribution is 7.92. The van der Waals surface area contributed by atoms with Gasteiger partial charge in [-0.1, -0.05) is 12.1 Å². The highest BCUT2D eigenvalue weighted by atomic mass is 35.5. The zero-order valence-electron chi connectivity index (χ0n) is 14.3. The molecule has 0 spiro atoms. The Morgan fingerprint density at radius 3 is 2.41 bits per heavy atom. The highest BCUT2D eigenvalue weighted by Crippen LogP contribution is 2.34. The van der Waals surface area contributed by atoms with Crippen molar-refractivity contribution in [2.75, 3.05) is 22.4 Å². The first kappa shape index (κ1) is 21.1. The molecule has 1 heterocycles. The predicted molar refractivity (Wildman–Crippen MR) is 102 cm³/mol. The molecule has 1 aliphatic rings. The largest absolute Gasteiger partial charge is 0.320 e. The normalized spacial score (nSPS) is 17.0. The van der Waals surface area contributed by atoms with Gasteiger partial charge in [0.25, 0.3) is 0 Å². The molecule has 1 unspecified atom stereocenters. The van der Waals surface area contributed by atoms with Gasteiger partial charge in [-0.25, -0.2) is 17.2 Å². The van der Waals surface area contributed by atoms with Gasteiger partial charge in [-0.3, -0.25) is 9.52 Å². The second kappa shape index (κ2) is 7.79. The Kier molecular flexibility index (Phi) is 6.08. The molecular formula is C17H18ClF2N3O3S. The second-order valence-corrected chi connectivity index (χ2v) is 7.83. The van der Waals surface area contributed by atoms with Gasteiger partial charge >= 0.3 is 0 Å². The van der Waals surface area contributed by atoms with Crippen LogP contribution in [0.15, 0.2) is 36.4 Å². The summed E-state index contributed by atoms with van der Waals surface area (Å²) in [6, 6.07) is 7.29. The molecule has 2 aromatic rings. The summed E-state index contributed by atoms with van der Waals surface area (Å²) in [7, 11) is -3.76. The molecule has 3 rings (SSSR count). The number of nitrogens with one attached hydrogen (secondary N) is 1. The lowest BCUT2D eigenvalue weighted by Crippen LogP contribution is -2.33. The summed E-state index contributed by atoms with van der Waals surface area (Å²) in [5.74, 6) is -1.82. The number of carbonyl (C=O) groups is 1. The van der Waals surface area contributed by atoms with E-state index < -0.39 is 27.7 Å².